The van der Waals surface area contributed by atoms with Crippen LogP contribution in [0.1, 0.15) is 6.92 Å². The number of nitrogens with zero attached hydrogens (tertiary/aromatic N) is 2. The third-order valence-corrected chi connectivity index (χ3v) is 0.827. The van der Waals surface area contributed by atoms with Gasteiger partial charge in [-0.2, -0.15) is 4.68 Å². The zero-order valence-corrected chi connectivity index (χ0v) is 5.09. The molecular formula is C4H8N4O. The van der Waals surface area contributed by atoms with E-state index in [9.17, 15) is 5.21 Å². The summed E-state index contributed by atoms with van der Waals surface area (Å²) in [5.74, 6) is 6.82. The summed E-state index contributed by atoms with van der Waals surface area (Å²) in [5, 5.41) is 16.9. The van der Waals surface area contributed by atoms with E-state index in [1.807, 2.05) is 0 Å². The molecular weight excluding hydrogens is 120 g/mol. The fraction of sp³-hybridized carbons (Fsp3) is 0.250. The van der Waals surface area contributed by atoms with Crippen LogP contribution in [0.5, 0.6) is 0 Å². The topological polar surface area (TPSA) is 76.7 Å². The van der Waals surface area contributed by atoms with Gasteiger partial charge in [-0.1, -0.05) is 0 Å². The van der Waals surface area contributed by atoms with Crippen LogP contribution in [0.3, 0.4) is 0 Å². The molecule has 0 aromatic carbocycles. The highest BCUT2D eigenvalue weighted by molar-refractivity contribution is 5.71. The number of amidine groups is 1. The number of nitrogens with one attached hydrogen (secondary N) is 2. The molecule has 0 saturated heterocycles. The molecule has 0 heterocycles. The molecule has 0 aromatic rings. The summed E-state index contributed by atoms with van der Waals surface area (Å²) in [7, 11) is 0. The second-order valence-corrected chi connectivity index (χ2v) is 1.43. The Kier molecular flexibility index (Phi) is 2.37. The van der Waals surface area contributed by atoms with Gasteiger partial charge in [0.2, 0.25) is 0 Å². The number of rotatable bonds is 1. The molecule has 5 heteroatoms. The second kappa shape index (κ2) is 2.81. The van der Waals surface area contributed by atoms with Crippen molar-refractivity contribution in [1.82, 2.24) is 0 Å². The van der Waals surface area contributed by atoms with Crippen LogP contribution in [0.2, 0.25) is 0 Å². The van der Waals surface area contributed by atoms with Gasteiger partial charge in [0, 0.05) is 0 Å². The van der Waals surface area contributed by atoms with Gasteiger partial charge in [0.1, 0.15) is 6.72 Å². The lowest BCUT2D eigenvalue weighted by molar-refractivity contribution is -0.430. The normalized spacial score (nSPS) is 12.1. The first kappa shape index (κ1) is 7.61. The molecule has 9 heavy (non-hydrogen) atoms. The van der Waals surface area contributed by atoms with Gasteiger partial charge in [-0.05, 0) is 0 Å². The molecule has 0 saturated carbocycles. The molecule has 0 bridgehead atoms. The highest BCUT2D eigenvalue weighted by atomic mass is 16.5. The molecule has 0 atom stereocenters. The second-order valence-electron chi connectivity index (χ2n) is 1.43. The average molecular weight is 128 g/mol. The summed E-state index contributed by atoms with van der Waals surface area (Å²) in [4.78, 5) is 0. The van der Waals surface area contributed by atoms with E-state index in [0.29, 0.717) is 11.0 Å². The zero-order chi connectivity index (χ0) is 7.44. The predicted molar refractivity (Wildman–Crippen MR) is 34.8 cm³/mol. The van der Waals surface area contributed by atoms with Gasteiger partial charge in [0.25, 0.3) is 6.34 Å². The zero-order valence-electron chi connectivity index (χ0n) is 5.09. The molecule has 0 unspecified atom stereocenters. The Bertz CT molecular complexity index is 171. The minimum absolute atomic E-state index is 0.0602. The van der Waals surface area contributed by atoms with Crippen LogP contribution in [-0.4, -0.2) is 28.3 Å². The lowest BCUT2D eigenvalue weighted by Crippen LogP contribution is -2.18. The molecule has 0 radical (unpaired) electrons. The monoisotopic (exact) mass is 128 g/mol. The standard InChI is InChI=1S/C4H8N4O/c1-4(7(2)6)8(9)3-5/h3,5-6H,2H2,1H3/b5-3?,7-6?,8-4-. The van der Waals surface area contributed by atoms with Gasteiger partial charge in [0.15, 0.2) is 0 Å². The molecule has 2 N–H and O–H groups in total. The molecule has 0 spiro atoms. The van der Waals surface area contributed by atoms with Crippen molar-refractivity contribution in [3.05, 3.63) is 11.0 Å². The van der Waals surface area contributed by atoms with Crippen LogP contribution in [0.15, 0.2) is 0 Å². The fourth-order valence-corrected chi connectivity index (χ4v) is 0.212. The number of hydrogen-bond acceptors (Lipinski definition) is 2. The first-order valence-electron chi connectivity index (χ1n) is 2.22. The first-order valence-corrected chi connectivity index (χ1v) is 2.22. The van der Waals surface area contributed by atoms with Crippen molar-refractivity contribution >= 4 is 18.9 Å². The third kappa shape index (κ3) is 1.89. The molecule has 0 aliphatic heterocycles. The van der Waals surface area contributed by atoms with Crippen molar-refractivity contribution in [2.75, 3.05) is 0 Å². The highest BCUT2D eigenvalue weighted by Crippen LogP contribution is 1.75. The highest BCUT2D eigenvalue weighted by Gasteiger charge is 2.03. The van der Waals surface area contributed by atoms with E-state index in [1.165, 1.54) is 6.92 Å². The van der Waals surface area contributed by atoms with Gasteiger partial charge in [0.05, 0.1) is 6.92 Å². The molecule has 0 aromatic heterocycles. The van der Waals surface area contributed by atoms with E-state index < -0.39 is 0 Å². The predicted octanol–water partition coefficient (Wildman–Crippen LogP) is 0.202. The van der Waals surface area contributed by atoms with Crippen molar-refractivity contribution in [3.8, 4) is 0 Å². The van der Waals surface area contributed by atoms with E-state index in [4.69, 9.17) is 11.3 Å². The summed E-state index contributed by atoms with van der Waals surface area (Å²) in [5.41, 5.74) is 0. The molecule has 0 fully saturated rings. The van der Waals surface area contributed by atoms with Gasteiger partial charge in [-0.3, -0.25) is 0 Å². The average Bonchev–Trinajstić information content (AvgIpc) is 1.84. The van der Waals surface area contributed by atoms with Crippen molar-refractivity contribution in [2.45, 2.75) is 6.92 Å². The summed E-state index contributed by atoms with van der Waals surface area (Å²) in [6.07, 6.45) is 0.571. The summed E-state index contributed by atoms with van der Waals surface area (Å²) < 4.78 is 0.901. The first-order chi connectivity index (χ1) is 4.09. The van der Waals surface area contributed by atoms with E-state index in [2.05, 4.69) is 6.72 Å². The SMILES string of the molecule is C=[N+]([NH-])/C(C)=[N+](\[O-])C=N. The molecule has 50 valence electrons. The maximum atomic E-state index is 10.4. The fourth-order valence-electron chi connectivity index (χ4n) is 0.212. The van der Waals surface area contributed by atoms with Crippen LogP contribution in [0.4, 0.5) is 0 Å². The van der Waals surface area contributed by atoms with E-state index in [-0.39, 0.29) is 10.6 Å². The van der Waals surface area contributed by atoms with Crippen LogP contribution >= 0.6 is 0 Å². The van der Waals surface area contributed by atoms with E-state index in [1.54, 1.807) is 0 Å². The summed E-state index contributed by atoms with van der Waals surface area (Å²) >= 11 is 0. The lowest BCUT2D eigenvalue weighted by Gasteiger charge is -1.98. The summed E-state index contributed by atoms with van der Waals surface area (Å²) in [6.45, 7) is 4.53. The molecule has 5 nitrogen and oxygen atoms in total. The lowest BCUT2D eigenvalue weighted by atomic mass is 10.7. The van der Waals surface area contributed by atoms with Crippen LogP contribution in [-0.2, 0) is 0 Å². The molecule has 0 amide bonds. The van der Waals surface area contributed by atoms with E-state index in [0.717, 1.165) is 0 Å². The van der Waals surface area contributed by atoms with Crippen molar-refractivity contribution in [2.24, 2.45) is 0 Å². The molecule has 0 aliphatic carbocycles. The molecule has 0 aliphatic rings. The minimum atomic E-state index is 0.0602. The smallest absolute Gasteiger partial charge is 0.422 e. The molecule has 0 rings (SSSR count). The van der Waals surface area contributed by atoms with Crippen LogP contribution < -0.4 is 0 Å². The van der Waals surface area contributed by atoms with Crippen LogP contribution in [0, 0.1) is 10.6 Å². The van der Waals surface area contributed by atoms with E-state index >= 15 is 0 Å². The van der Waals surface area contributed by atoms with Gasteiger partial charge >= 0.3 is 5.84 Å². The van der Waals surface area contributed by atoms with Gasteiger partial charge in [-0.15, -0.1) is 4.74 Å². The Labute approximate surface area is 52.8 Å². The maximum Gasteiger partial charge on any atom is 0.422 e. The van der Waals surface area contributed by atoms with Gasteiger partial charge in [-0.25, -0.2) is 5.41 Å². The van der Waals surface area contributed by atoms with Crippen molar-refractivity contribution in [1.29, 1.82) is 5.41 Å². The Morgan fingerprint density at radius 2 is 2.33 bits per heavy atom. The maximum absolute atomic E-state index is 10.4. The Morgan fingerprint density at radius 1 is 1.89 bits per heavy atom. The van der Waals surface area contributed by atoms with Gasteiger partial charge < -0.3 is 11.0 Å². The Morgan fingerprint density at radius 3 is 2.44 bits per heavy atom. The largest absolute Gasteiger partial charge is 0.613 e. The third-order valence-electron chi connectivity index (χ3n) is 0.827. The van der Waals surface area contributed by atoms with Crippen molar-refractivity contribution in [3.63, 3.8) is 0 Å². The number of hydrogen-bond donors (Lipinski definition) is 1. The van der Waals surface area contributed by atoms with Crippen LogP contribution in [0.25, 0.3) is 5.84 Å². The Balaban J connectivity index is 4.47. The number of hydroxylamine groups is 1. The summed E-state index contributed by atoms with van der Waals surface area (Å²) in [6, 6.07) is 0. The Hall–Kier alpha value is -1.39. The van der Waals surface area contributed by atoms with Crippen molar-refractivity contribution < 1.29 is 9.42 Å². The quantitative estimate of drug-likeness (QED) is 0.177. The minimum Gasteiger partial charge on any atom is -0.613 e.